The van der Waals surface area contributed by atoms with Gasteiger partial charge in [-0.05, 0) is 45.0 Å². The van der Waals surface area contributed by atoms with Gasteiger partial charge in [0.05, 0.1) is 12.0 Å². The lowest BCUT2D eigenvalue weighted by Gasteiger charge is -2.31. The summed E-state index contributed by atoms with van der Waals surface area (Å²) in [6.45, 7) is 5.01. The van der Waals surface area contributed by atoms with Crippen LogP contribution >= 0.6 is 24.0 Å². The molecule has 1 aromatic rings. The monoisotopic (exact) mass is 515 g/mol. The SMILES string of the molecule is CCNC(=NCc1ccccc1CN(C)C)NCC1(C(=O)N(C)C)CCCC1.I. The van der Waals surface area contributed by atoms with E-state index in [0.29, 0.717) is 13.1 Å². The molecule has 0 aromatic heterocycles. The zero-order valence-electron chi connectivity index (χ0n) is 18.6. The van der Waals surface area contributed by atoms with Gasteiger partial charge in [0.15, 0.2) is 5.96 Å². The summed E-state index contributed by atoms with van der Waals surface area (Å²) in [5, 5.41) is 6.78. The van der Waals surface area contributed by atoms with Crippen LogP contribution in [0.5, 0.6) is 0 Å². The van der Waals surface area contributed by atoms with E-state index in [1.54, 1.807) is 4.90 Å². The third-order valence-corrected chi connectivity index (χ3v) is 5.37. The average Bonchev–Trinajstić information content (AvgIpc) is 3.14. The maximum Gasteiger partial charge on any atom is 0.230 e. The molecule has 0 spiro atoms. The first-order chi connectivity index (χ1) is 13.4. The molecule has 164 valence electrons. The van der Waals surface area contributed by atoms with Gasteiger partial charge in [-0.15, -0.1) is 24.0 Å². The van der Waals surface area contributed by atoms with Gasteiger partial charge in [-0.1, -0.05) is 37.1 Å². The number of nitrogens with zero attached hydrogens (tertiary/aromatic N) is 3. The Bertz CT molecular complexity index is 669. The number of halogens is 1. The molecule has 1 aliphatic rings. The highest BCUT2D eigenvalue weighted by atomic mass is 127. The highest BCUT2D eigenvalue weighted by Gasteiger charge is 2.42. The Hall–Kier alpha value is -1.35. The predicted molar refractivity (Wildman–Crippen MR) is 132 cm³/mol. The molecule has 7 heteroatoms. The fourth-order valence-electron chi connectivity index (χ4n) is 3.96. The van der Waals surface area contributed by atoms with Crippen LogP contribution in [0.4, 0.5) is 0 Å². The molecule has 1 aromatic carbocycles. The van der Waals surface area contributed by atoms with Crippen LogP contribution in [-0.4, -0.2) is 62.9 Å². The summed E-state index contributed by atoms with van der Waals surface area (Å²) in [5.74, 6) is 1.00. The Morgan fingerprint density at radius 2 is 1.69 bits per heavy atom. The van der Waals surface area contributed by atoms with Crippen molar-refractivity contribution in [2.24, 2.45) is 10.4 Å². The highest BCUT2D eigenvalue weighted by molar-refractivity contribution is 14.0. The van der Waals surface area contributed by atoms with E-state index in [2.05, 4.69) is 60.8 Å². The second kappa shape index (κ2) is 12.4. The Morgan fingerprint density at radius 1 is 1.07 bits per heavy atom. The van der Waals surface area contributed by atoms with E-state index in [1.807, 2.05) is 14.1 Å². The number of carbonyl (C=O) groups is 1. The van der Waals surface area contributed by atoms with Crippen molar-refractivity contribution in [2.45, 2.75) is 45.7 Å². The Morgan fingerprint density at radius 3 is 2.24 bits per heavy atom. The summed E-state index contributed by atoms with van der Waals surface area (Å²) in [6.07, 6.45) is 4.13. The summed E-state index contributed by atoms with van der Waals surface area (Å²) >= 11 is 0. The van der Waals surface area contributed by atoms with Gasteiger partial charge in [-0.25, -0.2) is 4.99 Å². The molecule has 1 amide bonds. The molecule has 0 bridgehead atoms. The van der Waals surface area contributed by atoms with Crippen molar-refractivity contribution in [1.82, 2.24) is 20.4 Å². The second-order valence-corrected chi connectivity index (χ2v) is 8.24. The third-order valence-electron chi connectivity index (χ3n) is 5.37. The van der Waals surface area contributed by atoms with Gasteiger partial charge in [-0.2, -0.15) is 0 Å². The molecular weight excluding hydrogens is 477 g/mol. The lowest BCUT2D eigenvalue weighted by Crippen LogP contribution is -2.49. The van der Waals surface area contributed by atoms with Crippen LogP contribution in [0.1, 0.15) is 43.7 Å². The lowest BCUT2D eigenvalue weighted by molar-refractivity contribution is -0.138. The summed E-state index contributed by atoms with van der Waals surface area (Å²) in [6, 6.07) is 8.44. The second-order valence-electron chi connectivity index (χ2n) is 8.24. The maximum absolute atomic E-state index is 12.8. The van der Waals surface area contributed by atoms with E-state index < -0.39 is 0 Å². The first-order valence-electron chi connectivity index (χ1n) is 10.3. The van der Waals surface area contributed by atoms with E-state index in [0.717, 1.165) is 44.7 Å². The van der Waals surface area contributed by atoms with Crippen molar-refractivity contribution < 1.29 is 4.79 Å². The smallest absolute Gasteiger partial charge is 0.230 e. The number of hydrogen-bond acceptors (Lipinski definition) is 3. The minimum absolute atomic E-state index is 0. The molecular formula is C22H38IN5O. The van der Waals surface area contributed by atoms with Gasteiger partial charge in [0.2, 0.25) is 5.91 Å². The first-order valence-corrected chi connectivity index (χ1v) is 10.3. The van der Waals surface area contributed by atoms with Gasteiger partial charge in [0.25, 0.3) is 0 Å². The minimum atomic E-state index is -0.303. The number of nitrogens with one attached hydrogen (secondary N) is 2. The zero-order chi connectivity index (χ0) is 20.6. The number of aliphatic imine (C=N–C) groups is 1. The van der Waals surface area contributed by atoms with Crippen LogP contribution in [0.3, 0.4) is 0 Å². The minimum Gasteiger partial charge on any atom is -0.357 e. The van der Waals surface area contributed by atoms with Crippen LogP contribution in [0.15, 0.2) is 29.3 Å². The third kappa shape index (κ3) is 7.44. The summed E-state index contributed by atoms with van der Waals surface area (Å²) < 4.78 is 0. The average molecular weight is 515 g/mol. The highest BCUT2D eigenvalue weighted by Crippen LogP contribution is 2.38. The van der Waals surface area contributed by atoms with E-state index in [-0.39, 0.29) is 35.3 Å². The normalized spacial score (nSPS) is 15.7. The summed E-state index contributed by atoms with van der Waals surface area (Å²) in [5.41, 5.74) is 2.22. The summed E-state index contributed by atoms with van der Waals surface area (Å²) in [7, 11) is 7.86. The predicted octanol–water partition coefficient (Wildman–Crippen LogP) is 3.07. The van der Waals surface area contributed by atoms with E-state index >= 15 is 0 Å². The van der Waals surface area contributed by atoms with Crippen molar-refractivity contribution in [2.75, 3.05) is 41.3 Å². The fraction of sp³-hybridized carbons (Fsp3) is 0.636. The van der Waals surface area contributed by atoms with Crippen LogP contribution < -0.4 is 10.6 Å². The number of hydrogen-bond donors (Lipinski definition) is 2. The molecule has 0 atom stereocenters. The lowest BCUT2D eigenvalue weighted by atomic mass is 9.84. The topological polar surface area (TPSA) is 60.0 Å². The molecule has 1 fully saturated rings. The molecule has 2 rings (SSSR count). The van der Waals surface area contributed by atoms with Crippen LogP contribution in [0.25, 0.3) is 0 Å². The van der Waals surface area contributed by atoms with Gasteiger partial charge >= 0.3 is 0 Å². The molecule has 1 aliphatic carbocycles. The molecule has 0 unspecified atom stereocenters. The molecule has 29 heavy (non-hydrogen) atoms. The molecule has 1 saturated carbocycles. The zero-order valence-corrected chi connectivity index (χ0v) is 21.0. The van der Waals surface area contributed by atoms with Gasteiger partial charge in [0.1, 0.15) is 0 Å². The van der Waals surface area contributed by atoms with Crippen molar-refractivity contribution in [1.29, 1.82) is 0 Å². The van der Waals surface area contributed by atoms with Gasteiger partial charge in [0, 0.05) is 33.7 Å². The van der Waals surface area contributed by atoms with Crippen LogP contribution in [0, 0.1) is 5.41 Å². The molecule has 0 saturated heterocycles. The first kappa shape index (κ1) is 25.7. The maximum atomic E-state index is 12.8. The van der Waals surface area contributed by atoms with Crippen molar-refractivity contribution in [3.05, 3.63) is 35.4 Å². The molecule has 2 N–H and O–H groups in total. The van der Waals surface area contributed by atoms with Crippen molar-refractivity contribution >= 4 is 35.8 Å². The van der Waals surface area contributed by atoms with E-state index in [9.17, 15) is 4.79 Å². The van der Waals surface area contributed by atoms with Gasteiger partial charge in [-0.3, -0.25) is 4.79 Å². The molecule has 0 aliphatic heterocycles. The van der Waals surface area contributed by atoms with Crippen molar-refractivity contribution in [3.8, 4) is 0 Å². The molecule has 0 radical (unpaired) electrons. The number of rotatable bonds is 8. The standard InChI is InChI=1S/C22H37N5O.HI/c1-6-23-21(24-15-18-11-7-8-12-19(18)16-26(2)3)25-17-22(13-9-10-14-22)20(28)27(4)5;/h7-8,11-12H,6,9-10,13-17H2,1-5H3,(H2,23,24,25);1H. The Balaban J connectivity index is 0.00000420. The number of carbonyl (C=O) groups excluding carboxylic acids is 1. The van der Waals surface area contributed by atoms with E-state index in [4.69, 9.17) is 4.99 Å². The Kier molecular flexibility index (Phi) is 11.0. The van der Waals surface area contributed by atoms with Crippen LogP contribution in [0.2, 0.25) is 0 Å². The largest absolute Gasteiger partial charge is 0.357 e. The quantitative estimate of drug-likeness (QED) is 0.318. The molecule has 6 nitrogen and oxygen atoms in total. The summed E-state index contributed by atoms with van der Waals surface area (Å²) in [4.78, 5) is 21.5. The number of guanidine groups is 1. The fourth-order valence-corrected chi connectivity index (χ4v) is 3.96. The van der Waals surface area contributed by atoms with E-state index in [1.165, 1.54) is 11.1 Å². The molecule has 0 heterocycles. The number of amides is 1. The van der Waals surface area contributed by atoms with Crippen molar-refractivity contribution in [3.63, 3.8) is 0 Å². The number of benzene rings is 1. The van der Waals surface area contributed by atoms with Gasteiger partial charge < -0.3 is 20.4 Å². The Labute approximate surface area is 193 Å². The van der Waals surface area contributed by atoms with Crippen LogP contribution in [-0.2, 0) is 17.9 Å².